The molecule has 0 atom stereocenters. The van der Waals surface area contributed by atoms with Gasteiger partial charge in [0.05, 0.1) is 18.6 Å². The summed E-state index contributed by atoms with van der Waals surface area (Å²) in [6.07, 6.45) is 0. The predicted molar refractivity (Wildman–Crippen MR) is 102 cm³/mol. The molecule has 0 radical (unpaired) electrons. The topological polar surface area (TPSA) is 86.5 Å². The first-order valence-electron chi connectivity index (χ1n) is 8.21. The zero-order valence-corrected chi connectivity index (χ0v) is 15.8. The Balaban J connectivity index is 1.48. The Morgan fingerprint density at radius 3 is 2.85 bits per heavy atom. The Bertz CT molecular complexity index is 913. The van der Waals surface area contributed by atoms with Crippen molar-refractivity contribution in [3.63, 3.8) is 0 Å². The number of nitrogens with zero attached hydrogens (tertiary/aromatic N) is 2. The van der Waals surface area contributed by atoms with Gasteiger partial charge < -0.3 is 19.2 Å². The summed E-state index contributed by atoms with van der Waals surface area (Å²) >= 11 is 1.16. The number of nitrogens with one attached hydrogen (secondary N) is 1. The Labute approximate surface area is 161 Å². The van der Waals surface area contributed by atoms with E-state index in [1.54, 1.807) is 19.2 Å². The maximum atomic E-state index is 12.1. The Hall–Kier alpha value is -3.00. The molecule has 0 saturated carbocycles. The SMILES string of the molecule is COc1ccccc1NC(=O)CSc1nnc(COc2cccc(C)c2)o1. The van der Waals surface area contributed by atoms with Crippen molar-refractivity contribution in [3.8, 4) is 11.5 Å². The highest BCUT2D eigenvalue weighted by atomic mass is 32.2. The second kappa shape index (κ2) is 9.09. The van der Waals surface area contributed by atoms with Crippen molar-refractivity contribution in [2.75, 3.05) is 18.2 Å². The quantitative estimate of drug-likeness (QED) is 0.592. The minimum atomic E-state index is -0.194. The Kier molecular flexibility index (Phi) is 6.32. The zero-order chi connectivity index (χ0) is 19.1. The third-order valence-electron chi connectivity index (χ3n) is 3.51. The average molecular weight is 385 g/mol. The van der Waals surface area contributed by atoms with Crippen LogP contribution in [-0.4, -0.2) is 29.0 Å². The maximum absolute atomic E-state index is 12.1. The lowest BCUT2D eigenvalue weighted by molar-refractivity contribution is -0.113. The van der Waals surface area contributed by atoms with Gasteiger partial charge in [-0.05, 0) is 36.8 Å². The Morgan fingerprint density at radius 2 is 2.04 bits per heavy atom. The number of amides is 1. The largest absolute Gasteiger partial charge is 0.495 e. The molecule has 0 saturated heterocycles. The van der Waals surface area contributed by atoms with Gasteiger partial charge in [-0.3, -0.25) is 4.79 Å². The normalized spacial score (nSPS) is 10.4. The van der Waals surface area contributed by atoms with Crippen LogP contribution >= 0.6 is 11.8 Å². The number of carbonyl (C=O) groups excluding carboxylic acids is 1. The third-order valence-corrected chi connectivity index (χ3v) is 4.33. The molecule has 3 rings (SSSR count). The lowest BCUT2D eigenvalue weighted by atomic mass is 10.2. The summed E-state index contributed by atoms with van der Waals surface area (Å²) in [5, 5.41) is 11.0. The van der Waals surface area contributed by atoms with Crippen LogP contribution in [0.1, 0.15) is 11.5 Å². The number of hydrogen-bond donors (Lipinski definition) is 1. The molecule has 0 aliphatic rings. The van der Waals surface area contributed by atoms with Gasteiger partial charge in [0.2, 0.25) is 5.91 Å². The van der Waals surface area contributed by atoms with E-state index in [1.165, 1.54) is 0 Å². The van der Waals surface area contributed by atoms with E-state index < -0.39 is 0 Å². The van der Waals surface area contributed by atoms with Gasteiger partial charge >= 0.3 is 0 Å². The molecule has 7 nitrogen and oxygen atoms in total. The highest BCUT2D eigenvalue weighted by molar-refractivity contribution is 7.99. The van der Waals surface area contributed by atoms with E-state index in [-0.39, 0.29) is 18.3 Å². The first kappa shape index (κ1) is 18.8. The molecule has 27 heavy (non-hydrogen) atoms. The molecule has 1 amide bonds. The van der Waals surface area contributed by atoms with Crippen molar-refractivity contribution >= 4 is 23.4 Å². The summed E-state index contributed by atoms with van der Waals surface area (Å²) in [6.45, 7) is 2.16. The first-order valence-corrected chi connectivity index (χ1v) is 9.20. The van der Waals surface area contributed by atoms with Crippen molar-refractivity contribution in [2.45, 2.75) is 18.8 Å². The van der Waals surface area contributed by atoms with Crippen LogP contribution < -0.4 is 14.8 Å². The fourth-order valence-corrected chi connectivity index (χ4v) is 2.85. The van der Waals surface area contributed by atoms with Gasteiger partial charge in [-0.2, -0.15) is 0 Å². The third kappa shape index (κ3) is 5.49. The monoisotopic (exact) mass is 385 g/mol. The number of benzene rings is 2. The Morgan fingerprint density at radius 1 is 1.19 bits per heavy atom. The van der Waals surface area contributed by atoms with Crippen LogP contribution in [0.5, 0.6) is 11.5 Å². The van der Waals surface area contributed by atoms with Crippen molar-refractivity contribution in [1.82, 2.24) is 10.2 Å². The van der Waals surface area contributed by atoms with Gasteiger partial charge in [-0.1, -0.05) is 36.0 Å². The van der Waals surface area contributed by atoms with Gasteiger partial charge in [0, 0.05) is 0 Å². The van der Waals surface area contributed by atoms with Crippen LogP contribution in [0.3, 0.4) is 0 Å². The second-order valence-corrected chi connectivity index (χ2v) is 6.53. The number of para-hydroxylation sites is 2. The zero-order valence-electron chi connectivity index (χ0n) is 15.0. The van der Waals surface area contributed by atoms with E-state index in [9.17, 15) is 4.79 Å². The number of carbonyl (C=O) groups is 1. The van der Waals surface area contributed by atoms with E-state index in [0.717, 1.165) is 23.1 Å². The number of aryl methyl sites for hydroxylation is 1. The van der Waals surface area contributed by atoms with Gasteiger partial charge in [0.25, 0.3) is 11.1 Å². The number of rotatable bonds is 8. The standard InChI is InChI=1S/C19H19N3O4S/c1-13-6-5-7-14(10-13)25-11-18-21-22-19(26-18)27-12-17(23)20-15-8-3-4-9-16(15)24-2/h3-10H,11-12H2,1-2H3,(H,20,23). The molecule has 0 fully saturated rings. The summed E-state index contributed by atoms with van der Waals surface area (Å²) < 4.78 is 16.3. The van der Waals surface area contributed by atoms with Crippen LogP contribution in [0.2, 0.25) is 0 Å². The lowest BCUT2D eigenvalue weighted by Gasteiger charge is -2.08. The van der Waals surface area contributed by atoms with Gasteiger partial charge in [-0.15, -0.1) is 10.2 Å². The van der Waals surface area contributed by atoms with E-state index in [2.05, 4.69) is 15.5 Å². The van der Waals surface area contributed by atoms with Crippen molar-refractivity contribution in [1.29, 1.82) is 0 Å². The van der Waals surface area contributed by atoms with Crippen LogP contribution in [0.15, 0.2) is 58.2 Å². The van der Waals surface area contributed by atoms with Gasteiger partial charge in [0.1, 0.15) is 11.5 Å². The summed E-state index contributed by atoms with van der Waals surface area (Å²) in [5.74, 6) is 1.63. The van der Waals surface area contributed by atoms with Crippen LogP contribution in [0.25, 0.3) is 0 Å². The highest BCUT2D eigenvalue weighted by Crippen LogP contribution is 2.24. The summed E-state index contributed by atoms with van der Waals surface area (Å²) in [6, 6.07) is 14.9. The molecule has 1 N–H and O–H groups in total. The number of methoxy groups -OCH3 is 1. The molecule has 8 heteroatoms. The summed E-state index contributed by atoms with van der Waals surface area (Å²) in [7, 11) is 1.55. The number of aromatic nitrogens is 2. The molecule has 1 aromatic heterocycles. The number of anilines is 1. The van der Waals surface area contributed by atoms with E-state index in [0.29, 0.717) is 22.6 Å². The second-order valence-electron chi connectivity index (χ2n) is 5.60. The molecule has 0 spiro atoms. The molecule has 0 unspecified atom stereocenters. The number of ether oxygens (including phenoxy) is 2. The molecule has 1 heterocycles. The van der Waals surface area contributed by atoms with Crippen molar-refractivity contribution in [3.05, 3.63) is 60.0 Å². The lowest BCUT2D eigenvalue weighted by Crippen LogP contribution is -2.14. The smallest absolute Gasteiger partial charge is 0.277 e. The van der Waals surface area contributed by atoms with Crippen molar-refractivity contribution < 1.29 is 18.7 Å². The van der Waals surface area contributed by atoms with E-state index in [4.69, 9.17) is 13.9 Å². The molecule has 0 bridgehead atoms. The van der Waals surface area contributed by atoms with E-state index >= 15 is 0 Å². The van der Waals surface area contributed by atoms with Gasteiger partial charge in [-0.25, -0.2) is 0 Å². The predicted octanol–water partition coefficient (Wildman–Crippen LogP) is 3.70. The van der Waals surface area contributed by atoms with Crippen LogP contribution in [0.4, 0.5) is 5.69 Å². The number of thioether (sulfide) groups is 1. The highest BCUT2D eigenvalue weighted by Gasteiger charge is 2.12. The fraction of sp³-hybridized carbons (Fsp3) is 0.211. The van der Waals surface area contributed by atoms with Gasteiger partial charge in [0.15, 0.2) is 6.61 Å². The fourth-order valence-electron chi connectivity index (χ4n) is 2.27. The summed E-state index contributed by atoms with van der Waals surface area (Å²) in [4.78, 5) is 12.1. The molecule has 0 aliphatic carbocycles. The molecule has 3 aromatic rings. The molecule has 2 aromatic carbocycles. The number of hydrogen-bond acceptors (Lipinski definition) is 7. The van der Waals surface area contributed by atoms with E-state index in [1.807, 2.05) is 43.3 Å². The van der Waals surface area contributed by atoms with Crippen molar-refractivity contribution in [2.24, 2.45) is 0 Å². The summed E-state index contributed by atoms with van der Waals surface area (Å²) in [5.41, 5.74) is 1.72. The average Bonchev–Trinajstić information content (AvgIpc) is 3.13. The molecular formula is C19H19N3O4S. The first-order chi connectivity index (χ1) is 13.1. The van der Waals surface area contributed by atoms with Crippen LogP contribution in [-0.2, 0) is 11.4 Å². The molecule has 140 valence electrons. The maximum Gasteiger partial charge on any atom is 0.277 e. The van der Waals surface area contributed by atoms with Crippen LogP contribution in [0, 0.1) is 6.92 Å². The molecule has 0 aliphatic heterocycles. The minimum Gasteiger partial charge on any atom is -0.495 e. The minimum absolute atomic E-state index is 0.137. The molecular weight excluding hydrogens is 366 g/mol.